The molecule has 1 fully saturated rings. The number of carboxylic acids is 1. The largest absolute Gasteiger partial charge is 0.481 e. The fourth-order valence-corrected chi connectivity index (χ4v) is 2.83. The average molecular weight is 299 g/mol. The van der Waals surface area contributed by atoms with E-state index in [-0.39, 0.29) is 24.5 Å². The van der Waals surface area contributed by atoms with Crippen LogP contribution in [0.25, 0.3) is 0 Å². The van der Waals surface area contributed by atoms with Crippen LogP contribution in [0.2, 0.25) is 0 Å². The summed E-state index contributed by atoms with van der Waals surface area (Å²) in [6, 6.07) is -0.142. The summed E-state index contributed by atoms with van der Waals surface area (Å²) < 4.78 is 5.97. The topological polar surface area (TPSA) is 75.6 Å². The van der Waals surface area contributed by atoms with Crippen LogP contribution < -0.4 is 5.32 Å². The zero-order valence-electron chi connectivity index (χ0n) is 13.4. The molecule has 1 saturated carbocycles. The molecule has 5 heteroatoms. The summed E-state index contributed by atoms with van der Waals surface area (Å²) in [5.41, 5.74) is 0. The van der Waals surface area contributed by atoms with E-state index in [0.717, 1.165) is 12.8 Å². The summed E-state index contributed by atoms with van der Waals surface area (Å²) in [7, 11) is 0. The van der Waals surface area contributed by atoms with Crippen molar-refractivity contribution in [3.05, 3.63) is 0 Å². The maximum Gasteiger partial charge on any atom is 0.303 e. The second-order valence-corrected chi connectivity index (χ2v) is 6.27. The first-order chi connectivity index (χ1) is 9.92. The smallest absolute Gasteiger partial charge is 0.303 e. The van der Waals surface area contributed by atoms with Gasteiger partial charge in [0.25, 0.3) is 0 Å². The first-order valence-electron chi connectivity index (χ1n) is 8.10. The van der Waals surface area contributed by atoms with E-state index in [1.54, 1.807) is 0 Å². The first kappa shape index (κ1) is 18.0. The van der Waals surface area contributed by atoms with E-state index < -0.39 is 12.1 Å². The zero-order chi connectivity index (χ0) is 15.8. The van der Waals surface area contributed by atoms with Gasteiger partial charge in [-0.15, -0.1) is 0 Å². The van der Waals surface area contributed by atoms with Crippen molar-refractivity contribution in [3.63, 3.8) is 0 Å². The van der Waals surface area contributed by atoms with Crippen molar-refractivity contribution in [1.82, 2.24) is 5.32 Å². The van der Waals surface area contributed by atoms with Crippen LogP contribution in [-0.4, -0.2) is 35.2 Å². The van der Waals surface area contributed by atoms with Gasteiger partial charge in [-0.3, -0.25) is 9.59 Å². The van der Waals surface area contributed by atoms with E-state index in [0.29, 0.717) is 18.8 Å². The second-order valence-electron chi connectivity index (χ2n) is 6.27. The number of ether oxygens (including phenoxy) is 1. The Hall–Kier alpha value is -1.10. The highest BCUT2D eigenvalue weighted by Crippen LogP contribution is 2.27. The molecule has 0 bridgehead atoms. The Bertz CT molecular complexity index is 345. The van der Waals surface area contributed by atoms with Gasteiger partial charge in [-0.2, -0.15) is 0 Å². The number of aliphatic carboxylic acids is 1. The summed E-state index contributed by atoms with van der Waals surface area (Å²) >= 11 is 0. The number of hydrogen-bond acceptors (Lipinski definition) is 3. The van der Waals surface area contributed by atoms with Gasteiger partial charge in [0.2, 0.25) is 5.91 Å². The monoisotopic (exact) mass is 299 g/mol. The summed E-state index contributed by atoms with van der Waals surface area (Å²) in [5.74, 6) is -0.289. The number of carboxylic acid groups (broad SMARTS) is 1. The molecule has 0 aliphatic heterocycles. The normalized spacial score (nSPS) is 25.1. The number of rotatable bonds is 8. The molecule has 0 aromatic rings. The molecular formula is C16H29NO4. The first-order valence-corrected chi connectivity index (χ1v) is 8.10. The SMILES string of the molecule is CCC(OC1CCCC(C)C1)C(=O)NC(C)CCC(=O)O. The lowest BCUT2D eigenvalue weighted by Gasteiger charge is -2.30. The molecule has 21 heavy (non-hydrogen) atoms. The van der Waals surface area contributed by atoms with Crippen molar-refractivity contribution >= 4 is 11.9 Å². The third kappa shape index (κ3) is 6.93. The van der Waals surface area contributed by atoms with E-state index in [1.807, 2.05) is 13.8 Å². The van der Waals surface area contributed by atoms with Crippen LogP contribution in [0, 0.1) is 5.92 Å². The minimum atomic E-state index is -0.837. The molecule has 122 valence electrons. The molecule has 0 spiro atoms. The third-order valence-corrected chi connectivity index (χ3v) is 4.09. The second kappa shape index (κ2) is 9.03. The van der Waals surface area contributed by atoms with Crippen molar-refractivity contribution < 1.29 is 19.4 Å². The Morgan fingerprint density at radius 3 is 2.67 bits per heavy atom. The molecule has 5 nitrogen and oxygen atoms in total. The summed E-state index contributed by atoms with van der Waals surface area (Å²) in [4.78, 5) is 22.7. The molecule has 0 aromatic carbocycles. The number of nitrogens with one attached hydrogen (secondary N) is 1. The van der Waals surface area contributed by atoms with Crippen LogP contribution >= 0.6 is 0 Å². The van der Waals surface area contributed by atoms with Gasteiger partial charge in [-0.1, -0.05) is 26.7 Å². The summed E-state index contributed by atoms with van der Waals surface area (Å²) in [6.07, 6.45) is 5.38. The lowest BCUT2D eigenvalue weighted by atomic mass is 9.88. The van der Waals surface area contributed by atoms with Crippen LogP contribution in [-0.2, 0) is 14.3 Å². The van der Waals surface area contributed by atoms with Gasteiger partial charge in [0.1, 0.15) is 6.10 Å². The summed E-state index contributed by atoms with van der Waals surface area (Å²) in [6.45, 7) is 6.00. The van der Waals surface area contributed by atoms with Crippen molar-refractivity contribution in [2.45, 2.75) is 84.0 Å². The lowest BCUT2D eigenvalue weighted by Crippen LogP contribution is -2.43. The van der Waals surface area contributed by atoms with Gasteiger partial charge in [0.05, 0.1) is 6.10 Å². The highest BCUT2D eigenvalue weighted by Gasteiger charge is 2.26. The Kier molecular flexibility index (Phi) is 7.72. The minimum Gasteiger partial charge on any atom is -0.481 e. The van der Waals surface area contributed by atoms with Crippen LogP contribution in [0.5, 0.6) is 0 Å². The molecule has 0 radical (unpaired) electrons. The Morgan fingerprint density at radius 2 is 2.10 bits per heavy atom. The highest BCUT2D eigenvalue weighted by atomic mass is 16.5. The zero-order valence-corrected chi connectivity index (χ0v) is 13.4. The Morgan fingerprint density at radius 1 is 1.38 bits per heavy atom. The molecule has 0 saturated heterocycles. The predicted octanol–water partition coefficient (Wildman–Crippen LogP) is 2.73. The lowest BCUT2D eigenvalue weighted by molar-refractivity contribution is -0.141. The van der Waals surface area contributed by atoms with Crippen LogP contribution in [0.4, 0.5) is 0 Å². The molecule has 1 amide bonds. The minimum absolute atomic E-state index is 0.0687. The van der Waals surface area contributed by atoms with Gasteiger partial charge in [-0.25, -0.2) is 0 Å². The quantitative estimate of drug-likeness (QED) is 0.722. The van der Waals surface area contributed by atoms with Gasteiger partial charge in [0.15, 0.2) is 0 Å². The van der Waals surface area contributed by atoms with Gasteiger partial charge in [-0.05, 0) is 38.5 Å². The fraction of sp³-hybridized carbons (Fsp3) is 0.875. The molecule has 1 aliphatic rings. The average Bonchev–Trinajstić information content (AvgIpc) is 2.42. The maximum atomic E-state index is 12.2. The maximum absolute atomic E-state index is 12.2. The van der Waals surface area contributed by atoms with Gasteiger partial charge < -0.3 is 15.2 Å². The fourth-order valence-electron chi connectivity index (χ4n) is 2.83. The summed E-state index contributed by atoms with van der Waals surface area (Å²) in [5, 5.41) is 11.5. The molecule has 1 aliphatic carbocycles. The van der Waals surface area contributed by atoms with Crippen molar-refractivity contribution in [3.8, 4) is 0 Å². The standard InChI is InChI=1S/C16H29NO4/c1-4-14(21-13-7-5-6-11(2)10-13)16(20)17-12(3)8-9-15(18)19/h11-14H,4-10H2,1-3H3,(H,17,20)(H,18,19). The molecule has 0 heterocycles. The molecule has 1 rings (SSSR count). The Labute approximate surface area is 127 Å². The number of amides is 1. The van der Waals surface area contributed by atoms with Crippen molar-refractivity contribution in [2.75, 3.05) is 0 Å². The number of carbonyl (C=O) groups is 2. The molecule has 4 unspecified atom stereocenters. The number of carbonyl (C=O) groups excluding carboxylic acids is 1. The van der Waals surface area contributed by atoms with Gasteiger partial charge in [0, 0.05) is 12.5 Å². The van der Waals surface area contributed by atoms with Crippen molar-refractivity contribution in [2.24, 2.45) is 5.92 Å². The van der Waals surface area contributed by atoms with E-state index in [2.05, 4.69) is 12.2 Å². The molecule has 4 atom stereocenters. The predicted molar refractivity (Wildman–Crippen MR) is 81.1 cm³/mol. The molecule has 2 N–H and O–H groups in total. The van der Waals surface area contributed by atoms with E-state index in [1.165, 1.54) is 12.8 Å². The van der Waals surface area contributed by atoms with Crippen LogP contribution in [0.1, 0.15) is 65.7 Å². The molecule has 0 aromatic heterocycles. The van der Waals surface area contributed by atoms with Crippen LogP contribution in [0.3, 0.4) is 0 Å². The van der Waals surface area contributed by atoms with E-state index >= 15 is 0 Å². The van der Waals surface area contributed by atoms with Crippen molar-refractivity contribution in [1.29, 1.82) is 0 Å². The van der Waals surface area contributed by atoms with Crippen LogP contribution in [0.15, 0.2) is 0 Å². The van der Waals surface area contributed by atoms with E-state index in [4.69, 9.17) is 9.84 Å². The highest BCUT2D eigenvalue weighted by molar-refractivity contribution is 5.81. The Balaban J connectivity index is 2.39. The third-order valence-electron chi connectivity index (χ3n) is 4.09. The van der Waals surface area contributed by atoms with E-state index in [9.17, 15) is 9.59 Å². The molecular weight excluding hydrogens is 270 g/mol. The number of hydrogen-bond donors (Lipinski definition) is 2. The van der Waals surface area contributed by atoms with Gasteiger partial charge >= 0.3 is 5.97 Å².